The van der Waals surface area contributed by atoms with E-state index in [1.54, 1.807) is 32.7 Å². The van der Waals surface area contributed by atoms with Crippen LogP contribution in [0.5, 0.6) is 0 Å². The number of carboxylic acids is 1. The molecule has 1 N–H and O–H groups in total. The number of aryl methyl sites for hydroxylation is 2. The second-order valence-electron chi connectivity index (χ2n) is 4.83. The van der Waals surface area contributed by atoms with Crippen LogP contribution in [-0.2, 0) is 4.79 Å². The Balaban J connectivity index is 3.02. The molecule has 5 heteroatoms. The molecule has 1 aromatic rings. The molecule has 0 amide bonds. The van der Waals surface area contributed by atoms with E-state index in [2.05, 4.69) is 4.98 Å². The lowest BCUT2D eigenvalue weighted by Crippen LogP contribution is -2.48. The quantitative estimate of drug-likeness (QED) is 0.873. The maximum Gasteiger partial charge on any atom is 0.323 e. The minimum atomic E-state index is -0.952. The van der Waals surface area contributed by atoms with E-state index in [9.17, 15) is 9.90 Å². The molecular weight excluding hydrogens is 220 g/mol. The van der Waals surface area contributed by atoms with Crippen molar-refractivity contribution < 1.29 is 14.3 Å². The van der Waals surface area contributed by atoms with Crippen LogP contribution >= 0.6 is 0 Å². The SMILES string of the molecule is Cc1nc(C)c(C(C)N(C)C(C)(C)C(=O)O)o1. The van der Waals surface area contributed by atoms with Gasteiger partial charge in [-0.2, -0.15) is 0 Å². The molecule has 0 spiro atoms. The van der Waals surface area contributed by atoms with E-state index < -0.39 is 11.5 Å². The molecule has 0 aliphatic heterocycles. The number of nitrogens with zero attached hydrogens (tertiary/aromatic N) is 2. The molecule has 0 bridgehead atoms. The summed E-state index contributed by atoms with van der Waals surface area (Å²) in [6.07, 6.45) is 0. The summed E-state index contributed by atoms with van der Waals surface area (Å²) >= 11 is 0. The molecule has 1 aromatic heterocycles. The van der Waals surface area contributed by atoms with Crippen molar-refractivity contribution >= 4 is 5.97 Å². The fraction of sp³-hybridized carbons (Fsp3) is 0.667. The van der Waals surface area contributed by atoms with Gasteiger partial charge in [0, 0.05) is 6.92 Å². The van der Waals surface area contributed by atoms with Crippen LogP contribution in [0.4, 0.5) is 0 Å². The zero-order valence-electron chi connectivity index (χ0n) is 11.2. The largest absolute Gasteiger partial charge is 0.480 e. The van der Waals surface area contributed by atoms with Crippen LogP contribution in [-0.4, -0.2) is 33.5 Å². The Morgan fingerprint density at radius 2 is 2.00 bits per heavy atom. The van der Waals surface area contributed by atoms with E-state index in [0.717, 1.165) is 11.5 Å². The number of carbonyl (C=O) groups is 1. The van der Waals surface area contributed by atoms with Crippen molar-refractivity contribution in [1.82, 2.24) is 9.88 Å². The first-order chi connectivity index (χ1) is 7.67. The average molecular weight is 240 g/mol. The van der Waals surface area contributed by atoms with E-state index in [4.69, 9.17) is 4.42 Å². The lowest BCUT2D eigenvalue weighted by atomic mass is 10.0. The number of hydrogen-bond acceptors (Lipinski definition) is 4. The van der Waals surface area contributed by atoms with Crippen molar-refractivity contribution in [2.45, 2.75) is 46.2 Å². The minimum absolute atomic E-state index is 0.137. The highest BCUT2D eigenvalue weighted by molar-refractivity contribution is 5.77. The van der Waals surface area contributed by atoms with Crippen molar-refractivity contribution in [3.8, 4) is 0 Å². The lowest BCUT2D eigenvalue weighted by molar-refractivity contribution is -0.150. The monoisotopic (exact) mass is 240 g/mol. The van der Waals surface area contributed by atoms with Crippen LogP contribution < -0.4 is 0 Å². The smallest absolute Gasteiger partial charge is 0.323 e. The standard InChI is InChI=1S/C12H20N2O3/c1-7-10(17-9(3)13-7)8(2)14(6)12(4,5)11(15)16/h8H,1-6H3,(H,15,16). The third-order valence-corrected chi connectivity index (χ3v) is 3.30. The highest BCUT2D eigenvalue weighted by Crippen LogP contribution is 2.28. The van der Waals surface area contributed by atoms with Crippen LogP contribution in [0, 0.1) is 13.8 Å². The third-order valence-electron chi connectivity index (χ3n) is 3.30. The summed E-state index contributed by atoms with van der Waals surface area (Å²) < 4.78 is 5.53. The number of carboxylic acid groups (broad SMARTS) is 1. The zero-order valence-corrected chi connectivity index (χ0v) is 11.2. The number of aliphatic carboxylic acids is 1. The van der Waals surface area contributed by atoms with E-state index in [1.807, 2.05) is 13.8 Å². The normalized spacial score (nSPS) is 14.1. The summed E-state index contributed by atoms with van der Waals surface area (Å²) in [7, 11) is 1.77. The lowest BCUT2D eigenvalue weighted by Gasteiger charge is -2.35. The summed E-state index contributed by atoms with van der Waals surface area (Å²) in [4.78, 5) is 17.2. The maximum atomic E-state index is 11.2. The van der Waals surface area contributed by atoms with Crippen molar-refractivity contribution in [2.24, 2.45) is 0 Å². The molecule has 0 saturated carbocycles. The minimum Gasteiger partial charge on any atom is -0.480 e. The van der Waals surface area contributed by atoms with Gasteiger partial charge in [0.2, 0.25) is 0 Å². The van der Waals surface area contributed by atoms with Gasteiger partial charge in [0.15, 0.2) is 5.89 Å². The van der Waals surface area contributed by atoms with Gasteiger partial charge in [-0.1, -0.05) is 0 Å². The van der Waals surface area contributed by atoms with Gasteiger partial charge < -0.3 is 9.52 Å². The fourth-order valence-corrected chi connectivity index (χ4v) is 1.75. The first-order valence-corrected chi connectivity index (χ1v) is 5.58. The predicted molar refractivity (Wildman–Crippen MR) is 63.9 cm³/mol. The molecule has 96 valence electrons. The number of aromatic nitrogens is 1. The zero-order chi connectivity index (χ0) is 13.4. The van der Waals surface area contributed by atoms with Crippen LogP contribution in [0.2, 0.25) is 0 Å². The Labute approximate surface area is 101 Å². The number of oxazole rings is 1. The van der Waals surface area contributed by atoms with Crippen molar-refractivity contribution in [3.05, 3.63) is 17.3 Å². The van der Waals surface area contributed by atoms with E-state index >= 15 is 0 Å². The van der Waals surface area contributed by atoms with E-state index in [0.29, 0.717) is 5.89 Å². The maximum absolute atomic E-state index is 11.2. The van der Waals surface area contributed by atoms with Crippen LogP contribution in [0.1, 0.15) is 44.2 Å². The third kappa shape index (κ3) is 2.49. The predicted octanol–water partition coefficient (Wildman–Crippen LogP) is 2.15. The Kier molecular flexibility index (Phi) is 3.62. The molecule has 1 heterocycles. The summed E-state index contributed by atoms with van der Waals surface area (Å²) in [6, 6.07) is -0.137. The Bertz CT molecular complexity index is 423. The first-order valence-electron chi connectivity index (χ1n) is 5.58. The second-order valence-corrected chi connectivity index (χ2v) is 4.83. The molecule has 5 nitrogen and oxygen atoms in total. The van der Waals surface area contributed by atoms with Crippen molar-refractivity contribution in [1.29, 1.82) is 0 Å². The highest BCUT2D eigenvalue weighted by atomic mass is 16.4. The molecule has 0 aliphatic rings. The highest BCUT2D eigenvalue weighted by Gasteiger charge is 2.36. The van der Waals surface area contributed by atoms with Crippen molar-refractivity contribution in [2.75, 3.05) is 7.05 Å². The first kappa shape index (κ1) is 13.7. The average Bonchev–Trinajstić information content (AvgIpc) is 2.55. The molecular formula is C12H20N2O3. The Morgan fingerprint density at radius 1 is 1.47 bits per heavy atom. The van der Waals surface area contributed by atoms with E-state index in [1.165, 1.54) is 0 Å². The summed E-state index contributed by atoms with van der Waals surface area (Å²) in [6.45, 7) is 8.90. The topological polar surface area (TPSA) is 66.6 Å². The Morgan fingerprint density at radius 3 is 2.35 bits per heavy atom. The number of hydrogen-bond donors (Lipinski definition) is 1. The molecule has 0 aromatic carbocycles. The van der Waals surface area contributed by atoms with Crippen LogP contribution in [0.25, 0.3) is 0 Å². The molecule has 0 fully saturated rings. The van der Waals surface area contributed by atoms with Gasteiger partial charge in [-0.05, 0) is 34.7 Å². The summed E-state index contributed by atoms with van der Waals surface area (Å²) in [5.74, 6) is 0.464. The second kappa shape index (κ2) is 4.49. The molecule has 1 rings (SSSR count). The van der Waals surface area contributed by atoms with Gasteiger partial charge in [0.25, 0.3) is 0 Å². The molecule has 0 aliphatic carbocycles. The number of likely N-dealkylation sites (N-methyl/N-ethyl adjacent to an activating group) is 1. The van der Waals surface area contributed by atoms with Gasteiger partial charge in [0.05, 0.1) is 11.7 Å². The summed E-state index contributed by atoms with van der Waals surface area (Å²) in [5.41, 5.74) is -0.143. The van der Waals surface area contributed by atoms with Gasteiger partial charge in [-0.25, -0.2) is 4.98 Å². The fourth-order valence-electron chi connectivity index (χ4n) is 1.75. The molecule has 17 heavy (non-hydrogen) atoms. The summed E-state index contributed by atoms with van der Waals surface area (Å²) in [5, 5.41) is 9.19. The van der Waals surface area contributed by atoms with Crippen LogP contribution in [0.3, 0.4) is 0 Å². The molecule has 1 unspecified atom stereocenters. The molecule has 1 atom stereocenters. The molecule has 0 radical (unpaired) electrons. The molecule has 0 saturated heterocycles. The van der Waals surface area contributed by atoms with Gasteiger partial charge in [-0.3, -0.25) is 9.69 Å². The Hall–Kier alpha value is -1.36. The van der Waals surface area contributed by atoms with Crippen molar-refractivity contribution in [3.63, 3.8) is 0 Å². The van der Waals surface area contributed by atoms with Crippen LogP contribution in [0.15, 0.2) is 4.42 Å². The number of rotatable bonds is 4. The van der Waals surface area contributed by atoms with Gasteiger partial charge in [-0.15, -0.1) is 0 Å². The van der Waals surface area contributed by atoms with E-state index in [-0.39, 0.29) is 6.04 Å². The van der Waals surface area contributed by atoms with Gasteiger partial charge >= 0.3 is 5.97 Å². The van der Waals surface area contributed by atoms with Gasteiger partial charge in [0.1, 0.15) is 11.3 Å².